The first kappa shape index (κ1) is 16.6. The highest BCUT2D eigenvalue weighted by Crippen LogP contribution is 2.23. The molecule has 1 fully saturated rings. The molecule has 1 aliphatic heterocycles. The predicted octanol–water partition coefficient (Wildman–Crippen LogP) is 3.41. The second-order valence-corrected chi connectivity index (χ2v) is 6.14. The van der Waals surface area contributed by atoms with Gasteiger partial charge in [0.2, 0.25) is 0 Å². The SMILES string of the molecule is CCOC(=O)c1c(C)[nH]c(/C=N/N2[C@H](C)CCC[C@@H]2C)c1C. The van der Waals surface area contributed by atoms with Gasteiger partial charge in [-0.05, 0) is 59.4 Å². The minimum Gasteiger partial charge on any atom is -0.462 e. The third-order valence-corrected chi connectivity index (χ3v) is 4.42. The lowest BCUT2D eigenvalue weighted by molar-refractivity contribution is 0.0525. The number of hydrazone groups is 1. The maximum Gasteiger partial charge on any atom is 0.340 e. The number of esters is 1. The maximum absolute atomic E-state index is 12.0. The molecule has 1 saturated heterocycles. The number of hydrogen-bond donors (Lipinski definition) is 1. The average molecular weight is 305 g/mol. The number of carbonyl (C=O) groups is 1. The predicted molar refractivity (Wildman–Crippen MR) is 88.4 cm³/mol. The van der Waals surface area contributed by atoms with E-state index < -0.39 is 0 Å². The molecule has 1 N–H and O–H groups in total. The Kier molecular flexibility index (Phi) is 5.27. The van der Waals surface area contributed by atoms with E-state index in [4.69, 9.17) is 4.74 Å². The molecule has 5 heteroatoms. The number of nitrogens with zero attached hydrogens (tertiary/aromatic N) is 2. The normalized spacial score (nSPS) is 22.3. The van der Waals surface area contributed by atoms with Crippen molar-refractivity contribution in [1.29, 1.82) is 0 Å². The number of aryl methyl sites for hydroxylation is 1. The van der Waals surface area contributed by atoms with Crippen LogP contribution in [0.15, 0.2) is 5.10 Å². The Bertz CT molecular complexity index is 552. The minimum absolute atomic E-state index is 0.270. The Balaban J connectivity index is 2.21. The van der Waals surface area contributed by atoms with Crippen LogP contribution < -0.4 is 0 Å². The third kappa shape index (κ3) is 3.34. The van der Waals surface area contributed by atoms with Crippen molar-refractivity contribution in [3.8, 4) is 0 Å². The number of rotatable bonds is 4. The molecule has 5 nitrogen and oxygen atoms in total. The summed E-state index contributed by atoms with van der Waals surface area (Å²) in [5.74, 6) is -0.270. The van der Waals surface area contributed by atoms with Crippen LogP contribution in [0.2, 0.25) is 0 Å². The highest BCUT2D eigenvalue weighted by molar-refractivity contribution is 5.96. The van der Waals surface area contributed by atoms with Gasteiger partial charge in [-0.25, -0.2) is 4.79 Å². The number of ether oxygens (including phenoxy) is 1. The standard InChI is InChI=1S/C17H27N3O2/c1-6-22-17(21)16-13(4)15(19-14(16)5)10-18-20-11(2)8-7-9-12(20)3/h10-12,19H,6-9H2,1-5H3/b18-10+/t11-,12+. The Morgan fingerprint density at radius 3 is 2.59 bits per heavy atom. The Labute approximate surface area is 132 Å². The second kappa shape index (κ2) is 6.99. The van der Waals surface area contributed by atoms with E-state index in [-0.39, 0.29) is 5.97 Å². The molecular formula is C17H27N3O2. The van der Waals surface area contributed by atoms with Crippen LogP contribution in [0.3, 0.4) is 0 Å². The fourth-order valence-corrected chi connectivity index (χ4v) is 3.17. The van der Waals surface area contributed by atoms with E-state index in [0.717, 1.165) is 17.0 Å². The van der Waals surface area contributed by atoms with Crippen LogP contribution in [0.25, 0.3) is 0 Å². The minimum atomic E-state index is -0.270. The van der Waals surface area contributed by atoms with Crippen molar-refractivity contribution in [2.24, 2.45) is 5.10 Å². The quantitative estimate of drug-likeness (QED) is 0.685. The molecule has 2 atom stereocenters. The Morgan fingerprint density at radius 2 is 2.00 bits per heavy atom. The van der Waals surface area contributed by atoms with Crippen LogP contribution in [0.1, 0.15) is 67.3 Å². The molecule has 2 rings (SSSR count). The van der Waals surface area contributed by atoms with Gasteiger partial charge in [0.25, 0.3) is 0 Å². The van der Waals surface area contributed by atoms with Crippen molar-refractivity contribution < 1.29 is 9.53 Å². The zero-order valence-electron chi connectivity index (χ0n) is 14.3. The van der Waals surface area contributed by atoms with Crippen LogP contribution in [-0.2, 0) is 4.74 Å². The fourth-order valence-electron chi connectivity index (χ4n) is 3.17. The summed E-state index contributed by atoms with van der Waals surface area (Å²) in [4.78, 5) is 15.3. The van der Waals surface area contributed by atoms with E-state index in [1.165, 1.54) is 19.3 Å². The smallest absolute Gasteiger partial charge is 0.340 e. The summed E-state index contributed by atoms with van der Waals surface area (Å²) in [7, 11) is 0. The van der Waals surface area contributed by atoms with Crippen LogP contribution in [0, 0.1) is 13.8 Å². The summed E-state index contributed by atoms with van der Waals surface area (Å²) in [6, 6.07) is 0.918. The van der Waals surface area contributed by atoms with E-state index in [9.17, 15) is 4.79 Å². The van der Waals surface area contributed by atoms with E-state index in [0.29, 0.717) is 24.3 Å². The summed E-state index contributed by atoms with van der Waals surface area (Å²) < 4.78 is 5.12. The molecule has 0 radical (unpaired) electrons. The lowest BCUT2D eigenvalue weighted by Gasteiger charge is -2.36. The van der Waals surface area contributed by atoms with Gasteiger partial charge in [0.05, 0.1) is 24.1 Å². The second-order valence-electron chi connectivity index (χ2n) is 6.14. The molecule has 0 amide bonds. The molecule has 22 heavy (non-hydrogen) atoms. The molecule has 0 saturated carbocycles. The van der Waals surface area contributed by atoms with Crippen molar-refractivity contribution in [2.45, 2.75) is 66.0 Å². The lowest BCUT2D eigenvalue weighted by Crippen LogP contribution is -2.39. The first-order chi connectivity index (χ1) is 10.5. The zero-order chi connectivity index (χ0) is 16.3. The Morgan fingerprint density at radius 1 is 1.36 bits per heavy atom. The number of hydrogen-bond acceptors (Lipinski definition) is 4. The number of aromatic amines is 1. The topological polar surface area (TPSA) is 57.7 Å². The summed E-state index contributed by atoms with van der Waals surface area (Å²) in [6.45, 7) is 10.4. The van der Waals surface area contributed by atoms with Gasteiger partial charge in [0.15, 0.2) is 0 Å². The van der Waals surface area contributed by atoms with Crippen LogP contribution in [-0.4, -0.2) is 40.9 Å². The summed E-state index contributed by atoms with van der Waals surface area (Å²) >= 11 is 0. The molecule has 0 aliphatic carbocycles. The first-order valence-electron chi connectivity index (χ1n) is 8.14. The molecule has 0 spiro atoms. The van der Waals surface area contributed by atoms with Crippen molar-refractivity contribution >= 4 is 12.2 Å². The van der Waals surface area contributed by atoms with E-state index >= 15 is 0 Å². The van der Waals surface area contributed by atoms with Crippen molar-refractivity contribution in [3.63, 3.8) is 0 Å². The maximum atomic E-state index is 12.0. The van der Waals surface area contributed by atoms with Crippen molar-refractivity contribution in [1.82, 2.24) is 9.99 Å². The third-order valence-electron chi connectivity index (χ3n) is 4.42. The lowest BCUT2D eigenvalue weighted by atomic mass is 10.00. The van der Waals surface area contributed by atoms with Gasteiger partial charge in [-0.2, -0.15) is 5.10 Å². The van der Waals surface area contributed by atoms with E-state index in [2.05, 4.69) is 28.9 Å². The molecule has 0 bridgehead atoms. The van der Waals surface area contributed by atoms with Crippen LogP contribution in [0.5, 0.6) is 0 Å². The summed E-state index contributed by atoms with van der Waals surface area (Å²) in [5, 5.41) is 6.83. The number of carbonyl (C=O) groups excluding carboxylic acids is 1. The summed E-state index contributed by atoms with van der Waals surface area (Å²) in [5.41, 5.74) is 3.24. The number of H-pyrrole nitrogens is 1. The van der Waals surface area contributed by atoms with Gasteiger partial charge in [-0.1, -0.05) is 0 Å². The molecule has 2 heterocycles. The van der Waals surface area contributed by atoms with Crippen molar-refractivity contribution in [2.75, 3.05) is 6.61 Å². The fraction of sp³-hybridized carbons (Fsp3) is 0.647. The molecule has 1 aromatic heterocycles. The van der Waals surface area contributed by atoms with Gasteiger partial charge in [0.1, 0.15) is 0 Å². The number of aromatic nitrogens is 1. The molecule has 0 aromatic carbocycles. The summed E-state index contributed by atoms with van der Waals surface area (Å²) in [6.07, 6.45) is 5.46. The largest absolute Gasteiger partial charge is 0.462 e. The highest BCUT2D eigenvalue weighted by Gasteiger charge is 2.23. The Hall–Kier alpha value is -1.78. The van der Waals surface area contributed by atoms with Gasteiger partial charge in [-0.15, -0.1) is 0 Å². The number of piperidine rings is 1. The van der Waals surface area contributed by atoms with Gasteiger partial charge in [-0.3, -0.25) is 5.01 Å². The monoisotopic (exact) mass is 305 g/mol. The zero-order valence-corrected chi connectivity index (χ0v) is 14.3. The van der Waals surface area contributed by atoms with E-state index in [1.54, 1.807) is 0 Å². The van der Waals surface area contributed by atoms with Crippen LogP contribution in [0.4, 0.5) is 0 Å². The van der Waals surface area contributed by atoms with Gasteiger partial charge >= 0.3 is 5.97 Å². The van der Waals surface area contributed by atoms with E-state index in [1.807, 2.05) is 27.0 Å². The molecule has 122 valence electrons. The van der Waals surface area contributed by atoms with Gasteiger partial charge in [0, 0.05) is 17.8 Å². The highest BCUT2D eigenvalue weighted by atomic mass is 16.5. The number of nitrogens with one attached hydrogen (secondary N) is 1. The molecule has 1 aliphatic rings. The average Bonchev–Trinajstić information content (AvgIpc) is 2.73. The van der Waals surface area contributed by atoms with Crippen LogP contribution >= 0.6 is 0 Å². The molecular weight excluding hydrogens is 278 g/mol. The molecule has 1 aromatic rings. The molecule has 0 unspecified atom stereocenters. The van der Waals surface area contributed by atoms with Gasteiger partial charge < -0.3 is 9.72 Å². The van der Waals surface area contributed by atoms with Crippen molar-refractivity contribution in [3.05, 3.63) is 22.5 Å². The first-order valence-corrected chi connectivity index (χ1v) is 8.14.